The lowest BCUT2D eigenvalue weighted by Crippen LogP contribution is -2.54. The molecule has 2 saturated carbocycles. The van der Waals surface area contributed by atoms with Crippen molar-refractivity contribution in [3.8, 4) is 0 Å². The number of imidazole rings is 1. The molecular formula is C19H23F3N4O. The first-order valence-corrected chi connectivity index (χ1v) is 9.40. The summed E-state index contributed by atoms with van der Waals surface area (Å²) < 4.78 is 41.2. The Bertz CT molecular complexity index is 833. The summed E-state index contributed by atoms with van der Waals surface area (Å²) in [4.78, 5) is 16.3. The van der Waals surface area contributed by atoms with Crippen molar-refractivity contribution < 1.29 is 18.0 Å². The minimum atomic E-state index is -4.62. The largest absolute Gasteiger partial charge is 0.449 e. The summed E-state index contributed by atoms with van der Waals surface area (Å²) in [5.41, 5.74) is 6.65. The maximum Gasteiger partial charge on any atom is 0.449 e. The maximum absolute atomic E-state index is 13.4. The summed E-state index contributed by atoms with van der Waals surface area (Å²) in [6, 6.07) is 6.52. The van der Waals surface area contributed by atoms with Crippen molar-refractivity contribution >= 4 is 16.9 Å². The number of carbonyl (C=O) groups excluding carboxylic acids is 1. The van der Waals surface area contributed by atoms with Crippen molar-refractivity contribution in [2.45, 2.75) is 56.9 Å². The minimum absolute atomic E-state index is 0.00942. The second-order valence-electron chi connectivity index (χ2n) is 7.78. The summed E-state index contributed by atoms with van der Waals surface area (Å²) in [6.45, 7) is -0.392. The SMILES string of the molecule is NC1CC2CCCC(C1)C2NC(=O)Cn1c(C(F)(F)F)nc2ccccc21. The summed E-state index contributed by atoms with van der Waals surface area (Å²) >= 11 is 0. The van der Waals surface area contributed by atoms with Gasteiger partial charge in [0.1, 0.15) is 6.54 Å². The Kier molecular flexibility index (Phi) is 4.61. The van der Waals surface area contributed by atoms with E-state index in [0.29, 0.717) is 17.4 Å². The van der Waals surface area contributed by atoms with E-state index in [1.807, 2.05) is 0 Å². The van der Waals surface area contributed by atoms with Crippen molar-refractivity contribution in [2.75, 3.05) is 0 Å². The summed E-state index contributed by atoms with van der Waals surface area (Å²) in [5.74, 6) is -0.804. The van der Waals surface area contributed by atoms with Gasteiger partial charge in [0.2, 0.25) is 11.7 Å². The van der Waals surface area contributed by atoms with Gasteiger partial charge in [0.25, 0.3) is 0 Å². The van der Waals surface area contributed by atoms with Crippen LogP contribution in [0.1, 0.15) is 37.9 Å². The Morgan fingerprint density at radius 3 is 2.56 bits per heavy atom. The predicted octanol–water partition coefficient (Wildman–Crippen LogP) is 3.08. The van der Waals surface area contributed by atoms with Crippen molar-refractivity contribution in [1.29, 1.82) is 0 Å². The van der Waals surface area contributed by atoms with Crippen LogP contribution in [0.5, 0.6) is 0 Å². The number of nitrogens with one attached hydrogen (secondary N) is 1. The van der Waals surface area contributed by atoms with Crippen LogP contribution in [-0.2, 0) is 17.5 Å². The van der Waals surface area contributed by atoms with Gasteiger partial charge in [0.15, 0.2) is 0 Å². The molecule has 8 heteroatoms. The molecule has 2 bridgehead atoms. The van der Waals surface area contributed by atoms with Crippen LogP contribution in [0.3, 0.4) is 0 Å². The van der Waals surface area contributed by atoms with Gasteiger partial charge in [-0.3, -0.25) is 4.79 Å². The standard InChI is InChI=1S/C19H23F3N4O/c20-19(21,22)18-24-14-6-1-2-7-15(14)26(18)10-16(27)25-17-11-4-3-5-12(17)9-13(23)8-11/h1-2,6-7,11-13,17H,3-5,8-10,23H2,(H,25,27). The highest BCUT2D eigenvalue weighted by atomic mass is 19.4. The van der Waals surface area contributed by atoms with Crippen LogP contribution in [0.15, 0.2) is 24.3 Å². The second kappa shape index (κ2) is 6.82. The predicted molar refractivity (Wildman–Crippen MR) is 94.7 cm³/mol. The number of alkyl halides is 3. The Morgan fingerprint density at radius 2 is 1.89 bits per heavy atom. The Labute approximate surface area is 155 Å². The van der Waals surface area contributed by atoms with Gasteiger partial charge < -0.3 is 15.6 Å². The fourth-order valence-corrected chi connectivity index (χ4v) is 4.85. The van der Waals surface area contributed by atoms with Gasteiger partial charge >= 0.3 is 6.18 Å². The Balaban J connectivity index is 1.56. The maximum atomic E-state index is 13.4. The molecule has 1 heterocycles. The molecule has 1 aromatic carbocycles. The van der Waals surface area contributed by atoms with E-state index in [0.717, 1.165) is 36.7 Å². The lowest BCUT2D eigenvalue weighted by Gasteiger charge is -2.45. The number of amides is 1. The Hall–Kier alpha value is -2.09. The lowest BCUT2D eigenvalue weighted by molar-refractivity contribution is -0.147. The summed E-state index contributed by atoms with van der Waals surface area (Å²) in [7, 11) is 0. The molecule has 5 nitrogen and oxygen atoms in total. The van der Waals surface area contributed by atoms with Crippen molar-refractivity contribution in [2.24, 2.45) is 17.6 Å². The van der Waals surface area contributed by atoms with Gasteiger partial charge in [0, 0.05) is 12.1 Å². The molecule has 2 atom stereocenters. The molecule has 27 heavy (non-hydrogen) atoms. The highest BCUT2D eigenvalue weighted by molar-refractivity contribution is 5.81. The zero-order valence-electron chi connectivity index (χ0n) is 14.9. The van der Waals surface area contributed by atoms with Gasteiger partial charge in [-0.2, -0.15) is 13.2 Å². The molecule has 1 amide bonds. The molecule has 2 aromatic rings. The molecule has 3 N–H and O–H groups in total. The molecular weight excluding hydrogens is 357 g/mol. The van der Waals surface area contributed by atoms with Gasteiger partial charge in [-0.1, -0.05) is 18.6 Å². The van der Waals surface area contributed by atoms with E-state index < -0.39 is 24.5 Å². The van der Waals surface area contributed by atoms with E-state index in [-0.39, 0.29) is 17.6 Å². The van der Waals surface area contributed by atoms with Gasteiger partial charge in [-0.15, -0.1) is 0 Å². The van der Waals surface area contributed by atoms with Crippen molar-refractivity contribution in [3.63, 3.8) is 0 Å². The van der Waals surface area contributed by atoms with Crippen LogP contribution >= 0.6 is 0 Å². The van der Waals surface area contributed by atoms with E-state index in [1.165, 1.54) is 6.07 Å². The van der Waals surface area contributed by atoms with Crippen LogP contribution in [-0.4, -0.2) is 27.5 Å². The van der Waals surface area contributed by atoms with Crippen LogP contribution < -0.4 is 11.1 Å². The fourth-order valence-electron chi connectivity index (χ4n) is 4.85. The lowest BCUT2D eigenvalue weighted by atomic mass is 9.67. The van der Waals surface area contributed by atoms with Crippen LogP contribution in [0.25, 0.3) is 11.0 Å². The summed E-state index contributed by atoms with van der Waals surface area (Å²) in [5, 5.41) is 3.01. The molecule has 0 saturated heterocycles. The molecule has 0 spiro atoms. The molecule has 1 aromatic heterocycles. The summed E-state index contributed by atoms with van der Waals surface area (Å²) in [6.07, 6.45) is 0.257. The zero-order valence-corrected chi connectivity index (χ0v) is 14.9. The smallest absolute Gasteiger partial charge is 0.351 e. The first-order valence-electron chi connectivity index (χ1n) is 9.40. The molecule has 2 aliphatic rings. The fraction of sp³-hybridized carbons (Fsp3) is 0.579. The van der Waals surface area contributed by atoms with Crippen LogP contribution in [0.2, 0.25) is 0 Å². The van der Waals surface area contributed by atoms with Gasteiger partial charge in [-0.25, -0.2) is 4.98 Å². The van der Waals surface area contributed by atoms with E-state index in [9.17, 15) is 18.0 Å². The third kappa shape index (κ3) is 3.54. The number of carbonyl (C=O) groups is 1. The number of benzene rings is 1. The van der Waals surface area contributed by atoms with Crippen LogP contribution in [0, 0.1) is 11.8 Å². The number of para-hydroxylation sites is 2. The highest BCUT2D eigenvalue weighted by Gasteiger charge is 2.41. The van der Waals surface area contributed by atoms with E-state index >= 15 is 0 Å². The first-order chi connectivity index (χ1) is 12.8. The molecule has 4 rings (SSSR count). The molecule has 0 aliphatic heterocycles. The monoisotopic (exact) mass is 380 g/mol. The molecule has 0 radical (unpaired) electrons. The van der Waals surface area contributed by atoms with Gasteiger partial charge in [0.05, 0.1) is 11.0 Å². The van der Waals surface area contributed by atoms with Crippen molar-refractivity contribution in [1.82, 2.24) is 14.9 Å². The molecule has 2 fully saturated rings. The molecule has 2 unspecified atom stereocenters. The van der Waals surface area contributed by atoms with E-state index in [1.54, 1.807) is 18.2 Å². The number of halogens is 3. The average Bonchev–Trinajstić information content (AvgIpc) is 2.95. The normalized spacial score (nSPS) is 28.3. The number of rotatable bonds is 3. The van der Waals surface area contributed by atoms with Crippen molar-refractivity contribution in [3.05, 3.63) is 30.1 Å². The second-order valence-corrected chi connectivity index (χ2v) is 7.78. The van der Waals surface area contributed by atoms with E-state index in [2.05, 4.69) is 10.3 Å². The first kappa shape index (κ1) is 18.3. The average molecular weight is 380 g/mol. The zero-order chi connectivity index (χ0) is 19.2. The van der Waals surface area contributed by atoms with Crippen LogP contribution in [0.4, 0.5) is 13.2 Å². The number of hydrogen-bond acceptors (Lipinski definition) is 3. The quantitative estimate of drug-likeness (QED) is 0.860. The number of hydrogen-bond donors (Lipinski definition) is 2. The molecule has 2 aliphatic carbocycles. The topological polar surface area (TPSA) is 72.9 Å². The number of nitrogens with zero attached hydrogens (tertiary/aromatic N) is 2. The molecule has 146 valence electrons. The Morgan fingerprint density at radius 1 is 1.22 bits per heavy atom. The third-order valence-electron chi connectivity index (χ3n) is 5.91. The number of fused-ring (bicyclic) bond motifs is 3. The van der Waals surface area contributed by atoms with Gasteiger partial charge in [-0.05, 0) is 49.7 Å². The highest BCUT2D eigenvalue weighted by Crippen LogP contribution is 2.39. The third-order valence-corrected chi connectivity index (χ3v) is 5.91. The number of aromatic nitrogens is 2. The minimum Gasteiger partial charge on any atom is -0.351 e. The number of nitrogens with two attached hydrogens (primary N) is 1. The van der Waals surface area contributed by atoms with E-state index in [4.69, 9.17) is 5.73 Å².